The first-order valence-electron chi connectivity index (χ1n) is 9.81. The molecule has 1 aliphatic rings. The first-order valence-corrected chi connectivity index (χ1v) is 9.81. The number of nitro benzene ring substituents is 1. The number of hydrogen-bond donors (Lipinski definition) is 1. The van der Waals surface area contributed by atoms with Gasteiger partial charge in [0, 0.05) is 25.2 Å². The van der Waals surface area contributed by atoms with Crippen LogP contribution in [0.3, 0.4) is 0 Å². The lowest BCUT2D eigenvalue weighted by Gasteiger charge is -2.31. The fourth-order valence-electron chi connectivity index (χ4n) is 3.35. The summed E-state index contributed by atoms with van der Waals surface area (Å²) in [5, 5.41) is 14.3. The van der Waals surface area contributed by atoms with Gasteiger partial charge in [0.1, 0.15) is 5.69 Å². The van der Waals surface area contributed by atoms with E-state index in [0.29, 0.717) is 11.6 Å². The second-order valence-corrected chi connectivity index (χ2v) is 7.46. The van der Waals surface area contributed by atoms with E-state index in [1.165, 1.54) is 12.1 Å². The number of nitro groups is 1. The molecule has 1 saturated heterocycles. The molecule has 1 amide bonds. The molecule has 154 valence electrons. The van der Waals surface area contributed by atoms with Crippen LogP contribution in [0.5, 0.6) is 0 Å². The van der Waals surface area contributed by atoms with Gasteiger partial charge in [-0.1, -0.05) is 20.3 Å². The highest BCUT2D eigenvalue weighted by atomic mass is 16.6. The van der Waals surface area contributed by atoms with Gasteiger partial charge in [-0.05, 0) is 44.2 Å². The van der Waals surface area contributed by atoms with Crippen LogP contribution in [0.15, 0.2) is 18.2 Å². The predicted molar refractivity (Wildman–Crippen MR) is 107 cm³/mol. The zero-order chi connectivity index (χ0) is 20.7. The number of anilines is 1. The molecule has 1 unspecified atom stereocenters. The highest BCUT2D eigenvalue weighted by Gasteiger charge is 2.25. The van der Waals surface area contributed by atoms with Crippen LogP contribution >= 0.6 is 0 Å². The van der Waals surface area contributed by atoms with Crippen molar-refractivity contribution in [1.29, 1.82) is 0 Å². The van der Waals surface area contributed by atoms with E-state index >= 15 is 0 Å². The number of hydrogen-bond acceptors (Lipinski definition) is 6. The standard InChI is InChI=1S/C20H29N3O5/c1-4-5-15(3)21-19(24)13-28-20(25)16-6-7-17(18(12-16)23(26)27)22-10-8-14(2)9-11-22/h6-7,12,14-15H,4-5,8-11,13H2,1-3H3,(H,21,24). The molecule has 8 nitrogen and oxygen atoms in total. The van der Waals surface area contributed by atoms with Crippen LogP contribution in [-0.2, 0) is 9.53 Å². The van der Waals surface area contributed by atoms with Crippen LogP contribution < -0.4 is 10.2 Å². The fourth-order valence-corrected chi connectivity index (χ4v) is 3.35. The molecule has 0 radical (unpaired) electrons. The molecule has 0 spiro atoms. The van der Waals surface area contributed by atoms with Crippen LogP contribution in [-0.4, -0.2) is 42.5 Å². The summed E-state index contributed by atoms with van der Waals surface area (Å²) in [5.74, 6) is -0.529. The van der Waals surface area contributed by atoms with Gasteiger partial charge in [0.05, 0.1) is 10.5 Å². The first-order chi connectivity index (χ1) is 13.3. The maximum atomic E-state index is 12.2. The minimum atomic E-state index is -0.750. The summed E-state index contributed by atoms with van der Waals surface area (Å²) in [6.07, 6.45) is 3.73. The van der Waals surface area contributed by atoms with Gasteiger partial charge in [-0.3, -0.25) is 14.9 Å². The summed E-state index contributed by atoms with van der Waals surface area (Å²) in [6, 6.07) is 4.34. The van der Waals surface area contributed by atoms with E-state index in [1.54, 1.807) is 6.07 Å². The van der Waals surface area contributed by atoms with Gasteiger partial charge in [-0.15, -0.1) is 0 Å². The van der Waals surface area contributed by atoms with E-state index in [4.69, 9.17) is 4.74 Å². The van der Waals surface area contributed by atoms with Crippen molar-refractivity contribution >= 4 is 23.3 Å². The quantitative estimate of drug-likeness (QED) is 0.414. The Labute approximate surface area is 165 Å². The lowest BCUT2D eigenvalue weighted by Crippen LogP contribution is -2.35. The van der Waals surface area contributed by atoms with Crippen molar-refractivity contribution in [2.45, 2.75) is 52.5 Å². The predicted octanol–water partition coefficient (Wildman–Crippen LogP) is 3.29. The highest BCUT2D eigenvalue weighted by Crippen LogP contribution is 2.32. The Kier molecular flexibility index (Phi) is 7.78. The van der Waals surface area contributed by atoms with Gasteiger partial charge in [0.15, 0.2) is 6.61 Å². The summed E-state index contributed by atoms with van der Waals surface area (Å²) in [5.41, 5.74) is 0.458. The number of rotatable bonds is 8. The largest absolute Gasteiger partial charge is 0.452 e. The van der Waals surface area contributed by atoms with E-state index < -0.39 is 17.5 Å². The Morgan fingerprint density at radius 2 is 2.04 bits per heavy atom. The Morgan fingerprint density at radius 3 is 2.64 bits per heavy atom. The van der Waals surface area contributed by atoms with E-state index in [0.717, 1.165) is 38.8 Å². The third kappa shape index (κ3) is 5.94. The third-order valence-electron chi connectivity index (χ3n) is 5.00. The van der Waals surface area contributed by atoms with Crippen LogP contribution in [0, 0.1) is 16.0 Å². The van der Waals surface area contributed by atoms with Crippen molar-refractivity contribution in [2.75, 3.05) is 24.6 Å². The average molecular weight is 391 g/mol. The molecule has 0 aromatic heterocycles. The number of amides is 1. The van der Waals surface area contributed by atoms with Crippen LogP contribution in [0.25, 0.3) is 0 Å². The molecule has 2 rings (SSSR count). The van der Waals surface area contributed by atoms with Crippen molar-refractivity contribution in [1.82, 2.24) is 5.32 Å². The number of nitrogens with one attached hydrogen (secondary N) is 1. The van der Waals surface area contributed by atoms with Gasteiger partial charge in [-0.25, -0.2) is 4.79 Å². The number of ether oxygens (including phenoxy) is 1. The highest BCUT2D eigenvalue weighted by molar-refractivity contribution is 5.93. The van der Waals surface area contributed by atoms with Crippen LogP contribution in [0.4, 0.5) is 11.4 Å². The van der Waals surface area contributed by atoms with Gasteiger partial charge in [0.2, 0.25) is 0 Å². The molecule has 1 atom stereocenters. The van der Waals surface area contributed by atoms with E-state index in [2.05, 4.69) is 12.2 Å². The molecule has 1 fully saturated rings. The molecule has 8 heteroatoms. The summed E-state index contributed by atoms with van der Waals surface area (Å²) in [4.78, 5) is 37.1. The molecular weight excluding hydrogens is 362 g/mol. The molecule has 1 heterocycles. The van der Waals surface area contributed by atoms with Crippen molar-refractivity contribution in [3.05, 3.63) is 33.9 Å². The number of piperidine rings is 1. The Hall–Kier alpha value is -2.64. The molecular formula is C20H29N3O5. The lowest BCUT2D eigenvalue weighted by molar-refractivity contribution is -0.384. The Bertz CT molecular complexity index is 714. The SMILES string of the molecule is CCCC(C)NC(=O)COC(=O)c1ccc(N2CCC(C)CC2)c([N+](=O)[O-])c1. The minimum absolute atomic E-state index is 0.00355. The summed E-state index contributed by atoms with van der Waals surface area (Å²) in [6.45, 7) is 7.16. The summed E-state index contributed by atoms with van der Waals surface area (Å²) < 4.78 is 5.02. The Balaban J connectivity index is 2.03. The van der Waals surface area contributed by atoms with Crippen LogP contribution in [0.1, 0.15) is 56.8 Å². The van der Waals surface area contributed by atoms with Crippen molar-refractivity contribution in [3.8, 4) is 0 Å². The van der Waals surface area contributed by atoms with Crippen molar-refractivity contribution < 1.29 is 19.2 Å². The second-order valence-electron chi connectivity index (χ2n) is 7.46. The zero-order valence-corrected chi connectivity index (χ0v) is 16.8. The first kappa shape index (κ1) is 21.7. The minimum Gasteiger partial charge on any atom is -0.452 e. The monoisotopic (exact) mass is 391 g/mol. The van der Waals surface area contributed by atoms with E-state index in [-0.39, 0.29) is 23.2 Å². The number of esters is 1. The van der Waals surface area contributed by atoms with E-state index in [1.807, 2.05) is 18.7 Å². The molecule has 1 N–H and O–H groups in total. The van der Waals surface area contributed by atoms with Gasteiger partial charge >= 0.3 is 5.97 Å². The maximum Gasteiger partial charge on any atom is 0.338 e. The maximum absolute atomic E-state index is 12.2. The second kappa shape index (κ2) is 10.1. The normalized spacial score (nSPS) is 15.8. The molecule has 1 aliphatic heterocycles. The molecule has 28 heavy (non-hydrogen) atoms. The smallest absolute Gasteiger partial charge is 0.338 e. The van der Waals surface area contributed by atoms with Gasteiger partial charge in [0.25, 0.3) is 11.6 Å². The average Bonchev–Trinajstić information content (AvgIpc) is 2.66. The zero-order valence-electron chi connectivity index (χ0n) is 16.8. The topological polar surface area (TPSA) is 102 Å². The number of nitrogens with zero attached hydrogens (tertiary/aromatic N) is 2. The van der Waals surface area contributed by atoms with Gasteiger partial charge < -0.3 is 15.0 Å². The lowest BCUT2D eigenvalue weighted by atomic mass is 9.98. The Morgan fingerprint density at radius 1 is 1.36 bits per heavy atom. The molecule has 1 aromatic carbocycles. The number of carbonyl (C=O) groups is 2. The molecule has 0 aliphatic carbocycles. The molecule has 0 saturated carbocycles. The van der Waals surface area contributed by atoms with Crippen molar-refractivity contribution in [2.24, 2.45) is 5.92 Å². The molecule has 1 aromatic rings. The van der Waals surface area contributed by atoms with Crippen molar-refractivity contribution in [3.63, 3.8) is 0 Å². The fraction of sp³-hybridized carbons (Fsp3) is 0.600. The van der Waals surface area contributed by atoms with E-state index in [9.17, 15) is 19.7 Å². The third-order valence-corrected chi connectivity index (χ3v) is 5.00. The molecule has 0 bridgehead atoms. The summed E-state index contributed by atoms with van der Waals surface area (Å²) in [7, 11) is 0. The number of carbonyl (C=O) groups excluding carboxylic acids is 2. The van der Waals surface area contributed by atoms with Crippen LogP contribution in [0.2, 0.25) is 0 Å². The van der Waals surface area contributed by atoms with Gasteiger partial charge in [-0.2, -0.15) is 0 Å². The number of benzene rings is 1. The summed E-state index contributed by atoms with van der Waals surface area (Å²) >= 11 is 0.